The number of guanidine groups is 1. The normalized spacial score (nSPS) is 20.7. The summed E-state index contributed by atoms with van der Waals surface area (Å²) in [5, 5.41) is 6.74. The number of carbonyl (C=O) groups is 1. The van der Waals surface area contributed by atoms with Crippen LogP contribution in [0.3, 0.4) is 0 Å². The molecule has 2 N–H and O–H groups in total. The molecule has 2 atom stereocenters. The lowest BCUT2D eigenvalue weighted by molar-refractivity contribution is 0.0827. The third-order valence-electron chi connectivity index (χ3n) is 5.18. The lowest BCUT2D eigenvalue weighted by Gasteiger charge is -2.35. The summed E-state index contributed by atoms with van der Waals surface area (Å²) in [5.74, 6) is 2.46. The lowest BCUT2D eigenvalue weighted by atomic mass is 9.92. The average Bonchev–Trinajstić information content (AvgIpc) is 2.66. The van der Waals surface area contributed by atoms with E-state index in [9.17, 15) is 4.79 Å². The van der Waals surface area contributed by atoms with Gasteiger partial charge in [0.15, 0.2) is 5.96 Å². The molecule has 6 heteroatoms. The molecule has 28 heavy (non-hydrogen) atoms. The number of carbonyl (C=O) groups excluding carboxylic acids is 1. The minimum atomic E-state index is 0.0227. The predicted molar refractivity (Wildman–Crippen MR) is 117 cm³/mol. The van der Waals surface area contributed by atoms with Crippen LogP contribution >= 0.6 is 0 Å². The quantitative estimate of drug-likeness (QED) is 0.429. The first-order valence-electron chi connectivity index (χ1n) is 10.4. The first-order chi connectivity index (χ1) is 13.4. The van der Waals surface area contributed by atoms with Gasteiger partial charge in [0.05, 0.1) is 0 Å². The molecule has 2 rings (SSSR count). The Kier molecular flexibility index (Phi) is 8.77. The molecule has 1 fully saturated rings. The number of hydrogen-bond acceptors (Lipinski definition) is 3. The van der Waals surface area contributed by atoms with Crippen LogP contribution in [0.4, 0.5) is 0 Å². The van der Waals surface area contributed by atoms with Gasteiger partial charge >= 0.3 is 0 Å². The number of rotatable bonds is 7. The van der Waals surface area contributed by atoms with Gasteiger partial charge in [-0.25, -0.2) is 0 Å². The van der Waals surface area contributed by atoms with Crippen molar-refractivity contribution in [1.29, 1.82) is 0 Å². The summed E-state index contributed by atoms with van der Waals surface area (Å²) >= 11 is 0. The van der Waals surface area contributed by atoms with Crippen molar-refractivity contribution in [3.05, 3.63) is 35.4 Å². The van der Waals surface area contributed by atoms with Gasteiger partial charge in [0.1, 0.15) is 0 Å². The summed E-state index contributed by atoms with van der Waals surface area (Å²) in [4.78, 5) is 20.4. The highest BCUT2D eigenvalue weighted by atomic mass is 16.2. The van der Waals surface area contributed by atoms with Gasteiger partial charge in [0.25, 0.3) is 5.91 Å². The van der Waals surface area contributed by atoms with E-state index in [1.165, 1.54) is 19.5 Å². The second-order valence-corrected chi connectivity index (χ2v) is 8.31. The number of nitrogens with one attached hydrogen (secondary N) is 2. The lowest BCUT2D eigenvalue weighted by Crippen LogP contribution is -2.41. The van der Waals surface area contributed by atoms with Crippen LogP contribution in [0.5, 0.6) is 0 Å². The molecule has 156 valence electrons. The fraction of sp³-hybridized carbons (Fsp3) is 0.636. The van der Waals surface area contributed by atoms with Gasteiger partial charge in [0.2, 0.25) is 0 Å². The molecule has 0 spiro atoms. The van der Waals surface area contributed by atoms with E-state index in [0.717, 1.165) is 42.9 Å². The third kappa shape index (κ3) is 7.15. The van der Waals surface area contributed by atoms with Crippen molar-refractivity contribution in [2.45, 2.75) is 33.2 Å². The third-order valence-corrected chi connectivity index (χ3v) is 5.18. The minimum absolute atomic E-state index is 0.0227. The first-order valence-corrected chi connectivity index (χ1v) is 10.4. The van der Waals surface area contributed by atoms with Crippen LogP contribution < -0.4 is 10.6 Å². The van der Waals surface area contributed by atoms with Crippen molar-refractivity contribution in [1.82, 2.24) is 20.4 Å². The number of likely N-dealkylation sites (tertiary alicyclic amines) is 1. The van der Waals surface area contributed by atoms with Crippen LogP contribution in [0.2, 0.25) is 0 Å². The molecular formula is C22H37N5O. The molecule has 1 amide bonds. The van der Waals surface area contributed by atoms with Gasteiger partial charge in [0, 0.05) is 52.9 Å². The molecule has 0 bridgehead atoms. The zero-order valence-corrected chi connectivity index (χ0v) is 18.2. The van der Waals surface area contributed by atoms with Crippen molar-refractivity contribution in [3.63, 3.8) is 0 Å². The van der Waals surface area contributed by atoms with Gasteiger partial charge in [-0.1, -0.05) is 26.0 Å². The van der Waals surface area contributed by atoms with Crippen molar-refractivity contribution >= 4 is 11.9 Å². The number of piperidine rings is 1. The standard InChI is InChI=1S/C22H37N5O/c1-17-13-18(2)16-27(15-17)12-6-11-24-22(23-3)25-14-19-7-9-20(10-8-19)21(28)26(4)5/h7-10,17-18H,6,11-16H2,1-5H3,(H2,23,24,25). The van der Waals surface area contributed by atoms with Gasteiger partial charge in [-0.2, -0.15) is 0 Å². The van der Waals surface area contributed by atoms with Crippen LogP contribution in [0, 0.1) is 11.8 Å². The van der Waals surface area contributed by atoms with Crippen LogP contribution in [0.25, 0.3) is 0 Å². The Balaban J connectivity index is 1.69. The maximum absolute atomic E-state index is 11.9. The summed E-state index contributed by atoms with van der Waals surface area (Å²) in [6, 6.07) is 7.71. The first kappa shape index (κ1) is 22.2. The number of aliphatic imine (C=N–C) groups is 1. The summed E-state index contributed by atoms with van der Waals surface area (Å²) in [6.07, 6.45) is 2.47. The Labute approximate surface area is 170 Å². The number of nitrogens with zero attached hydrogens (tertiary/aromatic N) is 3. The maximum Gasteiger partial charge on any atom is 0.253 e. The van der Waals surface area contributed by atoms with E-state index in [1.807, 2.05) is 24.3 Å². The monoisotopic (exact) mass is 387 g/mol. The van der Waals surface area contributed by atoms with E-state index in [1.54, 1.807) is 26.0 Å². The highest BCUT2D eigenvalue weighted by Gasteiger charge is 2.20. The molecule has 0 saturated carbocycles. The molecule has 0 radical (unpaired) electrons. The predicted octanol–water partition coefficient (Wildman–Crippen LogP) is 2.42. The number of hydrogen-bond donors (Lipinski definition) is 2. The van der Waals surface area contributed by atoms with Crippen LogP contribution in [-0.2, 0) is 6.54 Å². The Morgan fingerprint density at radius 2 is 1.79 bits per heavy atom. The highest BCUT2D eigenvalue weighted by molar-refractivity contribution is 5.93. The van der Waals surface area contributed by atoms with Crippen molar-refractivity contribution in [3.8, 4) is 0 Å². The molecular weight excluding hydrogens is 350 g/mol. The molecule has 1 aromatic rings. The topological polar surface area (TPSA) is 60.0 Å². The molecule has 1 aliphatic rings. The molecule has 1 saturated heterocycles. The Hall–Kier alpha value is -2.08. The van der Waals surface area contributed by atoms with E-state index in [2.05, 4.69) is 34.4 Å². The van der Waals surface area contributed by atoms with Crippen molar-refractivity contribution in [2.24, 2.45) is 16.8 Å². The van der Waals surface area contributed by atoms with Crippen molar-refractivity contribution < 1.29 is 4.79 Å². The van der Waals surface area contributed by atoms with Gasteiger partial charge in [-0.15, -0.1) is 0 Å². The van der Waals surface area contributed by atoms with Crippen LogP contribution in [0.1, 0.15) is 42.6 Å². The van der Waals surface area contributed by atoms with E-state index in [-0.39, 0.29) is 5.91 Å². The minimum Gasteiger partial charge on any atom is -0.356 e. The number of amides is 1. The summed E-state index contributed by atoms with van der Waals surface area (Å²) < 4.78 is 0. The average molecular weight is 388 g/mol. The molecule has 0 aromatic heterocycles. The molecule has 1 heterocycles. The van der Waals surface area contributed by atoms with E-state index < -0.39 is 0 Å². The highest BCUT2D eigenvalue weighted by Crippen LogP contribution is 2.20. The Bertz CT molecular complexity index is 631. The van der Waals surface area contributed by atoms with Crippen LogP contribution in [-0.4, -0.2) is 69.0 Å². The fourth-order valence-electron chi connectivity index (χ4n) is 3.91. The SMILES string of the molecule is CN=C(NCCCN1CC(C)CC(C)C1)NCc1ccc(C(=O)N(C)C)cc1. The molecule has 0 aliphatic carbocycles. The van der Waals surface area contributed by atoms with E-state index >= 15 is 0 Å². The Morgan fingerprint density at radius 3 is 2.36 bits per heavy atom. The van der Waals surface area contributed by atoms with E-state index in [4.69, 9.17) is 0 Å². The van der Waals surface area contributed by atoms with Crippen LogP contribution in [0.15, 0.2) is 29.3 Å². The Morgan fingerprint density at radius 1 is 1.14 bits per heavy atom. The molecule has 1 aromatic carbocycles. The second-order valence-electron chi connectivity index (χ2n) is 8.31. The maximum atomic E-state index is 11.9. The zero-order valence-electron chi connectivity index (χ0n) is 18.2. The molecule has 2 unspecified atom stereocenters. The van der Waals surface area contributed by atoms with Crippen molar-refractivity contribution in [2.75, 3.05) is 47.3 Å². The summed E-state index contributed by atoms with van der Waals surface area (Å²) in [7, 11) is 5.32. The fourth-order valence-corrected chi connectivity index (χ4v) is 3.91. The second kappa shape index (κ2) is 11.1. The summed E-state index contributed by atoms with van der Waals surface area (Å²) in [6.45, 7) is 9.89. The largest absolute Gasteiger partial charge is 0.356 e. The molecule has 1 aliphatic heterocycles. The zero-order chi connectivity index (χ0) is 20.5. The van der Waals surface area contributed by atoms with Gasteiger partial charge in [-0.3, -0.25) is 9.79 Å². The number of benzene rings is 1. The van der Waals surface area contributed by atoms with E-state index in [0.29, 0.717) is 12.1 Å². The molecule has 6 nitrogen and oxygen atoms in total. The smallest absolute Gasteiger partial charge is 0.253 e. The summed E-state index contributed by atoms with van der Waals surface area (Å²) in [5.41, 5.74) is 1.83. The van der Waals surface area contributed by atoms with Gasteiger partial charge in [-0.05, 0) is 48.9 Å². The van der Waals surface area contributed by atoms with Gasteiger partial charge < -0.3 is 20.4 Å².